The number of carbonyl (C=O) groups is 1. The first kappa shape index (κ1) is 28.8. The van der Waals surface area contributed by atoms with Crippen molar-refractivity contribution in [2.24, 2.45) is 4.99 Å². The van der Waals surface area contributed by atoms with E-state index < -0.39 is 12.0 Å². The number of aromatic nitrogens is 1. The van der Waals surface area contributed by atoms with Crippen molar-refractivity contribution < 1.29 is 23.7 Å². The molecule has 39 heavy (non-hydrogen) atoms. The molecule has 1 aliphatic rings. The zero-order chi connectivity index (χ0) is 28.1. The van der Waals surface area contributed by atoms with E-state index in [0.29, 0.717) is 49.8 Å². The minimum Gasteiger partial charge on any atom is -0.490 e. The van der Waals surface area contributed by atoms with Gasteiger partial charge in [0.25, 0.3) is 5.56 Å². The van der Waals surface area contributed by atoms with Crippen LogP contribution in [0.4, 0.5) is 0 Å². The highest BCUT2D eigenvalue weighted by Crippen LogP contribution is 2.35. The number of fused-ring (bicyclic) bond motifs is 1. The van der Waals surface area contributed by atoms with E-state index in [0.717, 1.165) is 9.13 Å². The smallest absolute Gasteiger partial charge is 0.337 e. The number of thiazole rings is 1. The number of rotatable bonds is 9. The molecule has 2 heterocycles. The number of carbonyl (C=O) groups excluding carboxylic acids is 1. The van der Waals surface area contributed by atoms with Gasteiger partial charge in [0, 0.05) is 6.20 Å². The van der Waals surface area contributed by atoms with E-state index in [1.54, 1.807) is 24.3 Å². The summed E-state index contributed by atoms with van der Waals surface area (Å²) in [5.41, 5.74) is 1.32. The van der Waals surface area contributed by atoms with Gasteiger partial charge in [0.05, 0.1) is 44.5 Å². The molecule has 4 rings (SSSR count). The summed E-state index contributed by atoms with van der Waals surface area (Å²) in [6.07, 6.45) is 3.21. The predicted octanol–water partition coefficient (Wildman–Crippen LogP) is 4.08. The molecule has 0 saturated heterocycles. The quantitative estimate of drug-likeness (QED) is 0.242. The van der Waals surface area contributed by atoms with Gasteiger partial charge in [-0.2, -0.15) is 5.26 Å². The molecule has 0 bridgehead atoms. The van der Waals surface area contributed by atoms with Crippen LogP contribution in [-0.2, 0) is 9.53 Å². The second-order valence-corrected chi connectivity index (χ2v) is 11.0. The molecule has 3 aromatic rings. The molecular weight excluding hydrogens is 701 g/mol. The molecule has 0 aliphatic carbocycles. The average molecular weight is 724 g/mol. The van der Waals surface area contributed by atoms with E-state index in [9.17, 15) is 9.59 Å². The molecule has 12 heteroatoms. The number of methoxy groups -OCH3 is 1. The molecule has 1 aromatic heterocycles. The Kier molecular flexibility index (Phi) is 9.47. The van der Waals surface area contributed by atoms with E-state index in [1.165, 1.54) is 29.2 Å². The van der Waals surface area contributed by atoms with Crippen LogP contribution < -0.4 is 29.1 Å². The predicted molar refractivity (Wildman–Crippen MR) is 158 cm³/mol. The van der Waals surface area contributed by atoms with Gasteiger partial charge in [-0.05, 0) is 93.8 Å². The summed E-state index contributed by atoms with van der Waals surface area (Å²) >= 11 is 6.82. The monoisotopic (exact) mass is 723 g/mol. The first-order chi connectivity index (χ1) is 18.8. The fraction of sp³-hybridized carbons (Fsp3) is 0.259. The van der Waals surface area contributed by atoms with Gasteiger partial charge < -0.3 is 18.9 Å². The molecular formula is C27H23BrIN3O6S. The number of ether oxygens (including phenoxy) is 4. The first-order valence-electron chi connectivity index (χ1n) is 11.8. The van der Waals surface area contributed by atoms with Gasteiger partial charge in [0.1, 0.15) is 11.8 Å². The van der Waals surface area contributed by atoms with Gasteiger partial charge in [0.15, 0.2) is 22.9 Å². The molecule has 0 spiro atoms. The second kappa shape index (κ2) is 12.8. The van der Waals surface area contributed by atoms with E-state index >= 15 is 0 Å². The Morgan fingerprint density at radius 1 is 1.21 bits per heavy atom. The first-order valence-corrected chi connectivity index (χ1v) is 14.5. The van der Waals surface area contributed by atoms with E-state index in [2.05, 4.69) is 43.5 Å². The number of hydrogen-bond acceptors (Lipinski definition) is 9. The zero-order valence-electron chi connectivity index (χ0n) is 21.2. The largest absolute Gasteiger partial charge is 0.490 e. The standard InChI is InChI=1S/C27H23BrIN3O6S/c1-4-36-20-7-6-16(13-21(20)37-5-2)23-17(26(34)35-3)14-31-27-32(23)25(33)22(39-27)12-15-10-18(28)24(19(29)11-15)38-9-8-30/h6-7,10-14,23H,4-5,9H2,1-3H3/b22-12-/t23-/m0/s1. The molecule has 0 saturated carbocycles. The Balaban J connectivity index is 1.87. The van der Waals surface area contributed by atoms with Crippen molar-refractivity contribution in [1.29, 1.82) is 5.26 Å². The molecule has 0 fully saturated rings. The maximum absolute atomic E-state index is 13.8. The van der Waals surface area contributed by atoms with Crippen LogP contribution in [0, 0.1) is 14.9 Å². The Morgan fingerprint density at radius 3 is 2.62 bits per heavy atom. The summed E-state index contributed by atoms with van der Waals surface area (Å²) in [6, 6.07) is 10.2. The fourth-order valence-corrected chi connectivity index (χ4v) is 6.78. The lowest BCUT2D eigenvalue weighted by Crippen LogP contribution is -2.39. The number of esters is 1. The van der Waals surface area contributed by atoms with Crippen LogP contribution >= 0.6 is 49.9 Å². The molecule has 1 atom stereocenters. The minimum atomic E-state index is -0.778. The van der Waals surface area contributed by atoms with Crippen molar-refractivity contribution >= 4 is 61.9 Å². The van der Waals surface area contributed by atoms with Gasteiger partial charge in [-0.15, -0.1) is 0 Å². The normalized spacial score (nSPS) is 14.5. The number of nitriles is 1. The van der Waals surface area contributed by atoms with Crippen molar-refractivity contribution in [3.63, 3.8) is 0 Å². The molecule has 2 aromatic carbocycles. The highest BCUT2D eigenvalue weighted by Gasteiger charge is 2.31. The summed E-state index contributed by atoms with van der Waals surface area (Å²) in [7, 11) is 1.29. The molecule has 202 valence electrons. The van der Waals surface area contributed by atoms with Crippen molar-refractivity contribution in [3.05, 3.63) is 81.0 Å². The fourth-order valence-electron chi connectivity index (χ4n) is 4.04. The lowest BCUT2D eigenvalue weighted by molar-refractivity contribution is -0.136. The summed E-state index contributed by atoms with van der Waals surface area (Å²) in [5, 5.41) is 8.83. The van der Waals surface area contributed by atoms with Gasteiger partial charge in [-0.1, -0.05) is 17.4 Å². The second-order valence-electron chi connectivity index (χ2n) is 8.01. The van der Waals surface area contributed by atoms with E-state index in [1.807, 2.05) is 32.0 Å². The summed E-state index contributed by atoms with van der Waals surface area (Å²) in [4.78, 5) is 31.4. The molecule has 1 aliphatic heterocycles. The van der Waals surface area contributed by atoms with E-state index in [-0.39, 0.29) is 17.7 Å². The number of hydrogen-bond donors (Lipinski definition) is 0. The SMILES string of the molecule is CCOc1ccc([C@H]2C(C(=O)OC)=CN=c3s/c(=C\c4cc(Br)c(OCC#N)c(I)c4)c(=O)n32)cc1OCC. The Bertz CT molecular complexity index is 1650. The third-order valence-electron chi connectivity index (χ3n) is 5.61. The van der Waals surface area contributed by atoms with Crippen LogP contribution in [0.25, 0.3) is 6.08 Å². The highest BCUT2D eigenvalue weighted by atomic mass is 127. The van der Waals surface area contributed by atoms with Gasteiger partial charge in [-0.3, -0.25) is 9.36 Å². The van der Waals surface area contributed by atoms with Crippen LogP contribution in [0.3, 0.4) is 0 Å². The van der Waals surface area contributed by atoms with Gasteiger partial charge >= 0.3 is 5.97 Å². The maximum Gasteiger partial charge on any atom is 0.337 e. The lowest BCUT2D eigenvalue weighted by atomic mass is 9.97. The summed E-state index contributed by atoms with van der Waals surface area (Å²) in [5.74, 6) is 1.05. The summed E-state index contributed by atoms with van der Waals surface area (Å²) in [6.45, 7) is 4.55. The average Bonchev–Trinajstić information content (AvgIpc) is 3.23. The number of halogens is 2. The minimum absolute atomic E-state index is 0.0777. The molecule has 0 unspecified atom stereocenters. The van der Waals surface area contributed by atoms with Crippen molar-refractivity contribution in [1.82, 2.24) is 4.57 Å². The van der Waals surface area contributed by atoms with Crippen LogP contribution in [-0.4, -0.2) is 37.5 Å². The Hall–Kier alpha value is -3.15. The van der Waals surface area contributed by atoms with Crippen molar-refractivity contribution in [2.45, 2.75) is 19.9 Å². The molecule has 9 nitrogen and oxygen atoms in total. The lowest BCUT2D eigenvalue weighted by Gasteiger charge is -2.23. The van der Waals surface area contributed by atoms with Gasteiger partial charge in [0.2, 0.25) is 0 Å². The van der Waals surface area contributed by atoms with Crippen LogP contribution in [0.15, 0.2) is 56.4 Å². The molecule has 0 radical (unpaired) electrons. The van der Waals surface area contributed by atoms with Gasteiger partial charge in [-0.25, -0.2) is 9.79 Å². The Morgan fingerprint density at radius 2 is 1.95 bits per heavy atom. The topological polar surface area (TPSA) is 112 Å². The number of benzene rings is 2. The number of nitrogens with zero attached hydrogens (tertiary/aromatic N) is 3. The summed E-state index contributed by atoms with van der Waals surface area (Å²) < 4.78 is 25.4. The van der Waals surface area contributed by atoms with E-state index in [4.69, 9.17) is 24.2 Å². The zero-order valence-corrected chi connectivity index (χ0v) is 25.8. The Labute approximate surface area is 250 Å². The third-order valence-corrected chi connectivity index (χ3v) is 7.99. The molecule has 0 N–H and O–H groups in total. The molecule has 0 amide bonds. The maximum atomic E-state index is 13.8. The van der Waals surface area contributed by atoms with Crippen LogP contribution in [0.1, 0.15) is 31.0 Å². The highest BCUT2D eigenvalue weighted by molar-refractivity contribution is 14.1. The van der Waals surface area contributed by atoms with Crippen molar-refractivity contribution in [3.8, 4) is 23.3 Å². The van der Waals surface area contributed by atoms with Crippen LogP contribution in [0.5, 0.6) is 17.2 Å². The van der Waals surface area contributed by atoms with Crippen LogP contribution in [0.2, 0.25) is 0 Å². The van der Waals surface area contributed by atoms with Crippen molar-refractivity contribution in [2.75, 3.05) is 26.9 Å². The third kappa shape index (κ3) is 6.05.